The van der Waals surface area contributed by atoms with Crippen LogP contribution in [-0.4, -0.2) is 6.04 Å². The van der Waals surface area contributed by atoms with E-state index in [-0.39, 0.29) is 11.9 Å². The fourth-order valence-corrected chi connectivity index (χ4v) is 2.24. The molecule has 0 radical (unpaired) electrons. The highest BCUT2D eigenvalue weighted by Crippen LogP contribution is 2.21. The molecular weight excluding hydrogens is 283 g/mol. The van der Waals surface area contributed by atoms with Crippen molar-refractivity contribution in [2.24, 2.45) is 11.8 Å². The maximum atomic E-state index is 13.2. The van der Waals surface area contributed by atoms with Crippen LogP contribution >= 0.6 is 15.9 Å². The van der Waals surface area contributed by atoms with Gasteiger partial charge in [-0.3, -0.25) is 11.3 Å². The maximum Gasteiger partial charge on any atom is 0.123 e. The van der Waals surface area contributed by atoms with Crippen LogP contribution in [0.15, 0.2) is 22.7 Å². The second-order valence-corrected chi connectivity index (χ2v) is 5.41. The first kappa shape index (κ1) is 14.6. The zero-order valence-corrected chi connectivity index (χ0v) is 11.9. The van der Waals surface area contributed by atoms with Gasteiger partial charge in [-0.25, -0.2) is 4.39 Å². The van der Waals surface area contributed by atoms with Gasteiger partial charge in [0.2, 0.25) is 0 Å². The Morgan fingerprint density at radius 2 is 2.18 bits per heavy atom. The lowest BCUT2D eigenvalue weighted by Gasteiger charge is -2.20. The number of benzene rings is 1. The van der Waals surface area contributed by atoms with E-state index in [1.807, 2.05) is 0 Å². The summed E-state index contributed by atoms with van der Waals surface area (Å²) in [6, 6.07) is 4.93. The van der Waals surface area contributed by atoms with Gasteiger partial charge in [-0.1, -0.05) is 36.2 Å². The molecule has 96 valence electrons. The molecule has 0 aliphatic heterocycles. The Kier molecular flexibility index (Phi) is 6.09. The molecule has 1 aromatic rings. The number of halogens is 2. The topological polar surface area (TPSA) is 38.0 Å². The Labute approximate surface area is 111 Å². The highest BCUT2D eigenvalue weighted by Gasteiger charge is 2.13. The van der Waals surface area contributed by atoms with E-state index in [4.69, 9.17) is 5.84 Å². The van der Waals surface area contributed by atoms with Crippen molar-refractivity contribution in [2.75, 3.05) is 0 Å². The molecule has 2 unspecified atom stereocenters. The zero-order chi connectivity index (χ0) is 12.8. The molecule has 0 spiro atoms. The van der Waals surface area contributed by atoms with Crippen LogP contribution in [0.5, 0.6) is 0 Å². The van der Waals surface area contributed by atoms with Gasteiger partial charge < -0.3 is 0 Å². The van der Waals surface area contributed by atoms with Crippen molar-refractivity contribution in [2.45, 2.75) is 39.2 Å². The molecule has 0 fully saturated rings. The van der Waals surface area contributed by atoms with Gasteiger partial charge >= 0.3 is 0 Å². The van der Waals surface area contributed by atoms with Gasteiger partial charge in [0.05, 0.1) is 0 Å². The zero-order valence-electron chi connectivity index (χ0n) is 10.3. The average Bonchev–Trinajstić information content (AvgIpc) is 2.32. The van der Waals surface area contributed by atoms with E-state index in [1.165, 1.54) is 6.07 Å². The molecular formula is C13H20BrFN2. The molecule has 0 bridgehead atoms. The second-order valence-electron chi connectivity index (χ2n) is 4.55. The number of rotatable bonds is 6. The van der Waals surface area contributed by atoms with Crippen molar-refractivity contribution in [1.29, 1.82) is 0 Å². The van der Waals surface area contributed by atoms with Crippen LogP contribution in [0.2, 0.25) is 0 Å². The lowest BCUT2D eigenvalue weighted by Crippen LogP contribution is -2.38. The lowest BCUT2D eigenvalue weighted by molar-refractivity contribution is 0.396. The van der Waals surface area contributed by atoms with Crippen LogP contribution in [0, 0.1) is 11.7 Å². The molecule has 0 aliphatic carbocycles. The monoisotopic (exact) mass is 302 g/mol. The molecule has 2 nitrogen and oxygen atoms in total. The third-order valence-corrected chi connectivity index (χ3v) is 3.87. The summed E-state index contributed by atoms with van der Waals surface area (Å²) in [6.45, 7) is 4.36. The molecule has 4 heteroatoms. The van der Waals surface area contributed by atoms with Gasteiger partial charge in [-0.2, -0.15) is 0 Å². The highest BCUT2D eigenvalue weighted by atomic mass is 79.9. The molecule has 0 aliphatic rings. The summed E-state index contributed by atoms with van der Waals surface area (Å²) in [7, 11) is 0. The predicted octanol–water partition coefficient (Wildman–Crippen LogP) is 3.40. The molecule has 1 aromatic carbocycles. The van der Waals surface area contributed by atoms with E-state index in [1.54, 1.807) is 12.1 Å². The van der Waals surface area contributed by atoms with Gasteiger partial charge in [0.25, 0.3) is 0 Å². The molecule has 0 amide bonds. The van der Waals surface area contributed by atoms with E-state index in [9.17, 15) is 4.39 Å². The van der Waals surface area contributed by atoms with Crippen LogP contribution in [-0.2, 0) is 6.42 Å². The molecule has 0 heterocycles. The normalized spacial score (nSPS) is 14.6. The Balaban J connectivity index is 2.69. The molecule has 3 N–H and O–H groups in total. The molecule has 0 aromatic heterocycles. The van der Waals surface area contributed by atoms with E-state index >= 15 is 0 Å². The third kappa shape index (κ3) is 4.74. The van der Waals surface area contributed by atoms with Gasteiger partial charge in [0.1, 0.15) is 5.82 Å². The van der Waals surface area contributed by atoms with E-state index < -0.39 is 0 Å². The van der Waals surface area contributed by atoms with Crippen molar-refractivity contribution in [3.63, 3.8) is 0 Å². The summed E-state index contributed by atoms with van der Waals surface area (Å²) in [5.41, 5.74) is 3.77. The third-order valence-electron chi connectivity index (χ3n) is 3.09. The first-order valence-corrected chi connectivity index (χ1v) is 6.76. The van der Waals surface area contributed by atoms with Crippen molar-refractivity contribution in [1.82, 2.24) is 5.43 Å². The van der Waals surface area contributed by atoms with Crippen molar-refractivity contribution < 1.29 is 4.39 Å². The van der Waals surface area contributed by atoms with E-state index in [2.05, 4.69) is 35.2 Å². The van der Waals surface area contributed by atoms with E-state index in [0.717, 1.165) is 29.3 Å². The largest absolute Gasteiger partial charge is 0.271 e. The van der Waals surface area contributed by atoms with Crippen LogP contribution in [0.25, 0.3) is 0 Å². The summed E-state index contributed by atoms with van der Waals surface area (Å²) in [6.07, 6.45) is 2.86. The summed E-state index contributed by atoms with van der Waals surface area (Å²) < 4.78 is 14.1. The number of nitrogens with two attached hydrogens (primary N) is 1. The molecule has 17 heavy (non-hydrogen) atoms. The smallest absolute Gasteiger partial charge is 0.123 e. The fourth-order valence-electron chi connectivity index (χ4n) is 1.83. The highest BCUT2D eigenvalue weighted by molar-refractivity contribution is 9.10. The predicted molar refractivity (Wildman–Crippen MR) is 73.0 cm³/mol. The van der Waals surface area contributed by atoms with Crippen LogP contribution in [0.4, 0.5) is 4.39 Å². The number of hydrazine groups is 1. The fraction of sp³-hybridized carbons (Fsp3) is 0.538. The van der Waals surface area contributed by atoms with Crippen molar-refractivity contribution in [3.8, 4) is 0 Å². The van der Waals surface area contributed by atoms with Gasteiger partial charge in [-0.15, -0.1) is 0 Å². The van der Waals surface area contributed by atoms with Crippen molar-refractivity contribution >= 4 is 15.9 Å². The maximum absolute atomic E-state index is 13.2. The van der Waals surface area contributed by atoms with Crippen LogP contribution in [0.1, 0.15) is 32.3 Å². The Bertz CT molecular complexity index is 357. The number of nitrogens with one attached hydrogen (secondary N) is 1. The number of hydrogen-bond donors (Lipinski definition) is 2. The molecule has 1 rings (SSSR count). The van der Waals surface area contributed by atoms with E-state index in [0.29, 0.717) is 5.92 Å². The Hall–Kier alpha value is -0.450. The van der Waals surface area contributed by atoms with Gasteiger partial charge in [0, 0.05) is 10.5 Å². The minimum Gasteiger partial charge on any atom is -0.271 e. The summed E-state index contributed by atoms with van der Waals surface area (Å²) in [5, 5.41) is 0. The lowest BCUT2D eigenvalue weighted by atomic mass is 9.95. The summed E-state index contributed by atoms with van der Waals surface area (Å²) in [5.74, 6) is 5.96. The first-order valence-electron chi connectivity index (χ1n) is 5.96. The Morgan fingerprint density at radius 1 is 1.47 bits per heavy atom. The first-order chi connectivity index (χ1) is 8.06. The van der Waals surface area contributed by atoms with Crippen molar-refractivity contribution in [3.05, 3.63) is 34.1 Å². The van der Waals surface area contributed by atoms with Gasteiger partial charge in [-0.05, 0) is 42.5 Å². The standard InChI is InChI=1S/C13H20BrFN2/c1-3-9(2)6-12(17-16)8-10-7-11(15)4-5-13(10)14/h4-5,7,9,12,17H,3,6,8,16H2,1-2H3. The SMILES string of the molecule is CCC(C)CC(Cc1cc(F)ccc1Br)NN. The quantitative estimate of drug-likeness (QED) is 0.624. The molecule has 2 atom stereocenters. The van der Waals surface area contributed by atoms with Gasteiger partial charge in [0.15, 0.2) is 0 Å². The minimum absolute atomic E-state index is 0.183. The molecule has 0 saturated heterocycles. The van der Waals surface area contributed by atoms with Crippen LogP contribution in [0.3, 0.4) is 0 Å². The molecule has 0 saturated carbocycles. The van der Waals surface area contributed by atoms with Crippen LogP contribution < -0.4 is 11.3 Å². The summed E-state index contributed by atoms with van der Waals surface area (Å²) >= 11 is 3.44. The average molecular weight is 303 g/mol. The minimum atomic E-state index is -0.206. The Morgan fingerprint density at radius 3 is 2.76 bits per heavy atom. The second kappa shape index (κ2) is 7.09. The summed E-state index contributed by atoms with van der Waals surface area (Å²) in [4.78, 5) is 0. The number of hydrogen-bond acceptors (Lipinski definition) is 2.